The quantitative estimate of drug-likeness (QED) is 0.524. The SMILES string of the molecule is Nc1cccc2oc(-c3cnn4ccncc34)nc12. The lowest BCUT2D eigenvalue weighted by Gasteiger charge is -1.92. The Balaban J connectivity index is 2.02. The molecule has 4 aromatic rings. The van der Waals surface area contributed by atoms with Crippen molar-refractivity contribution in [2.75, 3.05) is 5.73 Å². The highest BCUT2D eigenvalue weighted by atomic mass is 16.3. The first-order valence-electron chi connectivity index (χ1n) is 5.76. The van der Waals surface area contributed by atoms with Crippen LogP contribution in [-0.4, -0.2) is 19.6 Å². The van der Waals surface area contributed by atoms with Crippen molar-refractivity contribution in [3.63, 3.8) is 0 Å². The van der Waals surface area contributed by atoms with Crippen molar-refractivity contribution in [1.82, 2.24) is 19.6 Å². The first-order chi connectivity index (χ1) is 9.33. The molecule has 4 rings (SSSR count). The zero-order chi connectivity index (χ0) is 12.8. The number of hydrogen-bond donors (Lipinski definition) is 1. The molecule has 0 aliphatic rings. The van der Waals surface area contributed by atoms with Crippen molar-refractivity contribution in [2.24, 2.45) is 0 Å². The van der Waals surface area contributed by atoms with E-state index in [1.54, 1.807) is 35.4 Å². The molecule has 0 bridgehead atoms. The van der Waals surface area contributed by atoms with Crippen molar-refractivity contribution >= 4 is 22.3 Å². The van der Waals surface area contributed by atoms with E-state index in [4.69, 9.17) is 10.2 Å². The van der Waals surface area contributed by atoms with Gasteiger partial charge in [-0.15, -0.1) is 0 Å². The number of benzene rings is 1. The summed E-state index contributed by atoms with van der Waals surface area (Å²) >= 11 is 0. The summed E-state index contributed by atoms with van der Waals surface area (Å²) in [5, 5.41) is 4.23. The topological polar surface area (TPSA) is 82.2 Å². The van der Waals surface area contributed by atoms with E-state index in [0.29, 0.717) is 22.7 Å². The zero-order valence-electron chi connectivity index (χ0n) is 9.82. The number of rotatable bonds is 1. The van der Waals surface area contributed by atoms with E-state index < -0.39 is 0 Å². The van der Waals surface area contributed by atoms with Gasteiger partial charge in [0.25, 0.3) is 0 Å². The molecule has 0 radical (unpaired) electrons. The van der Waals surface area contributed by atoms with Crippen LogP contribution in [0.5, 0.6) is 0 Å². The molecule has 0 saturated carbocycles. The fraction of sp³-hybridized carbons (Fsp3) is 0. The second kappa shape index (κ2) is 3.55. The van der Waals surface area contributed by atoms with Gasteiger partial charge in [0, 0.05) is 12.4 Å². The molecule has 6 nitrogen and oxygen atoms in total. The number of oxazole rings is 1. The molecular formula is C13H9N5O. The Bertz CT molecular complexity index is 892. The summed E-state index contributed by atoms with van der Waals surface area (Å²) in [7, 11) is 0. The van der Waals surface area contributed by atoms with Crippen LogP contribution in [0.3, 0.4) is 0 Å². The normalized spacial score (nSPS) is 11.4. The second-order valence-corrected chi connectivity index (χ2v) is 4.18. The summed E-state index contributed by atoms with van der Waals surface area (Å²) in [6.45, 7) is 0. The van der Waals surface area contributed by atoms with E-state index in [-0.39, 0.29) is 0 Å². The average Bonchev–Trinajstić information content (AvgIpc) is 3.02. The fourth-order valence-electron chi connectivity index (χ4n) is 2.08. The molecule has 0 aliphatic heterocycles. The maximum absolute atomic E-state index is 5.88. The monoisotopic (exact) mass is 251 g/mol. The summed E-state index contributed by atoms with van der Waals surface area (Å²) in [5.74, 6) is 0.496. The molecule has 0 aliphatic carbocycles. The van der Waals surface area contributed by atoms with Gasteiger partial charge in [-0.2, -0.15) is 5.10 Å². The standard InChI is InChI=1S/C13H9N5O/c14-9-2-1-3-11-12(9)17-13(19-11)8-6-16-18-5-4-15-7-10(8)18/h1-7H,14H2. The molecule has 3 heterocycles. The molecule has 6 heteroatoms. The molecule has 0 fully saturated rings. The van der Waals surface area contributed by atoms with E-state index in [2.05, 4.69) is 15.1 Å². The van der Waals surface area contributed by atoms with Gasteiger partial charge in [0.15, 0.2) is 5.58 Å². The largest absolute Gasteiger partial charge is 0.436 e. The number of fused-ring (bicyclic) bond motifs is 2. The summed E-state index contributed by atoms with van der Waals surface area (Å²) in [5.41, 5.74) is 9.45. The lowest BCUT2D eigenvalue weighted by Crippen LogP contribution is -1.86. The van der Waals surface area contributed by atoms with Crippen LogP contribution < -0.4 is 5.73 Å². The van der Waals surface area contributed by atoms with Gasteiger partial charge >= 0.3 is 0 Å². The average molecular weight is 251 g/mol. The van der Waals surface area contributed by atoms with Crippen LogP contribution in [0.2, 0.25) is 0 Å². The maximum Gasteiger partial charge on any atom is 0.231 e. The highest BCUT2D eigenvalue weighted by Crippen LogP contribution is 2.29. The van der Waals surface area contributed by atoms with Gasteiger partial charge in [0.2, 0.25) is 5.89 Å². The van der Waals surface area contributed by atoms with E-state index in [9.17, 15) is 0 Å². The van der Waals surface area contributed by atoms with Crippen LogP contribution in [-0.2, 0) is 0 Å². The van der Waals surface area contributed by atoms with Crippen molar-refractivity contribution in [3.05, 3.63) is 43.0 Å². The molecule has 92 valence electrons. The van der Waals surface area contributed by atoms with Crippen LogP contribution >= 0.6 is 0 Å². The number of aromatic nitrogens is 4. The number of para-hydroxylation sites is 1. The smallest absolute Gasteiger partial charge is 0.231 e. The van der Waals surface area contributed by atoms with Crippen molar-refractivity contribution in [2.45, 2.75) is 0 Å². The fourth-order valence-corrected chi connectivity index (χ4v) is 2.08. The minimum Gasteiger partial charge on any atom is -0.436 e. The van der Waals surface area contributed by atoms with Gasteiger partial charge in [-0.1, -0.05) is 6.07 Å². The summed E-state index contributed by atoms with van der Waals surface area (Å²) in [6, 6.07) is 5.47. The van der Waals surface area contributed by atoms with Gasteiger partial charge in [-0.3, -0.25) is 4.98 Å². The molecule has 1 aromatic carbocycles. The van der Waals surface area contributed by atoms with Gasteiger partial charge in [0.05, 0.1) is 29.2 Å². The minimum absolute atomic E-state index is 0.496. The summed E-state index contributed by atoms with van der Waals surface area (Å²) in [6.07, 6.45) is 6.88. The highest BCUT2D eigenvalue weighted by molar-refractivity contribution is 5.88. The highest BCUT2D eigenvalue weighted by Gasteiger charge is 2.14. The Morgan fingerprint density at radius 3 is 3.05 bits per heavy atom. The van der Waals surface area contributed by atoms with Gasteiger partial charge in [-0.25, -0.2) is 9.50 Å². The van der Waals surface area contributed by atoms with Gasteiger partial charge < -0.3 is 10.2 Å². The molecule has 0 saturated heterocycles. The molecule has 0 spiro atoms. The van der Waals surface area contributed by atoms with Gasteiger partial charge in [-0.05, 0) is 12.1 Å². The van der Waals surface area contributed by atoms with E-state index in [1.165, 1.54) is 0 Å². The third kappa shape index (κ3) is 1.40. The zero-order valence-corrected chi connectivity index (χ0v) is 9.82. The van der Waals surface area contributed by atoms with E-state index in [1.807, 2.05) is 12.1 Å². The summed E-state index contributed by atoms with van der Waals surface area (Å²) < 4.78 is 7.45. The van der Waals surface area contributed by atoms with Crippen molar-refractivity contribution in [3.8, 4) is 11.5 Å². The predicted molar refractivity (Wildman–Crippen MR) is 70.4 cm³/mol. The molecule has 2 N–H and O–H groups in total. The maximum atomic E-state index is 5.88. The van der Waals surface area contributed by atoms with Crippen LogP contribution in [0.25, 0.3) is 28.1 Å². The lowest BCUT2D eigenvalue weighted by molar-refractivity contribution is 0.620. The lowest BCUT2D eigenvalue weighted by atomic mass is 10.3. The molecule has 0 unspecified atom stereocenters. The first-order valence-corrected chi connectivity index (χ1v) is 5.76. The Labute approximate surface area is 107 Å². The molecule has 0 atom stereocenters. The van der Waals surface area contributed by atoms with Crippen LogP contribution in [0.4, 0.5) is 5.69 Å². The first kappa shape index (κ1) is 10.1. The van der Waals surface area contributed by atoms with Crippen molar-refractivity contribution < 1.29 is 4.42 Å². The van der Waals surface area contributed by atoms with Crippen molar-refractivity contribution in [1.29, 1.82) is 0 Å². The third-order valence-corrected chi connectivity index (χ3v) is 3.01. The van der Waals surface area contributed by atoms with Crippen LogP contribution in [0.15, 0.2) is 47.4 Å². The molecule has 0 amide bonds. The molecule has 3 aromatic heterocycles. The molecule has 19 heavy (non-hydrogen) atoms. The number of nitrogens with two attached hydrogens (primary N) is 1. The number of nitrogens with zero attached hydrogens (tertiary/aromatic N) is 4. The third-order valence-electron chi connectivity index (χ3n) is 3.01. The number of nitrogen functional groups attached to an aromatic ring is 1. The Morgan fingerprint density at radius 1 is 1.21 bits per heavy atom. The van der Waals surface area contributed by atoms with Crippen LogP contribution in [0.1, 0.15) is 0 Å². The van der Waals surface area contributed by atoms with Crippen LogP contribution in [0, 0.1) is 0 Å². The number of hydrogen-bond acceptors (Lipinski definition) is 5. The summed E-state index contributed by atoms with van der Waals surface area (Å²) in [4.78, 5) is 8.52. The Morgan fingerprint density at radius 2 is 2.16 bits per heavy atom. The van der Waals surface area contributed by atoms with Gasteiger partial charge in [0.1, 0.15) is 5.52 Å². The van der Waals surface area contributed by atoms with E-state index >= 15 is 0 Å². The predicted octanol–water partition coefficient (Wildman–Crippen LogP) is 2.12. The second-order valence-electron chi connectivity index (χ2n) is 4.18. The number of anilines is 1. The Hall–Kier alpha value is -2.89. The van der Waals surface area contributed by atoms with E-state index in [0.717, 1.165) is 11.1 Å². The Kier molecular flexibility index (Phi) is 1.88. The minimum atomic E-state index is 0.496. The molecular weight excluding hydrogens is 242 g/mol.